The largest absolute Gasteiger partial charge is 0.377 e. The summed E-state index contributed by atoms with van der Waals surface area (Å²) in [5, 5.41) is 6.43. The van der Waals surface area contributed by atoms with Crippen LogP contribution in [0.15, 0.2) is 30.6 Å². The summed E-state index contributed by atoms with van der Waals surface area (Å²) in [5.74, 6) is -2.09. The highest BCUT2D eigenvalue weighted by Crippen LogP contribution is 2.28. The maximum absolute atomic E-state index is 14.6. The summed E-state index contributed by atoms with van der Waals surface area (Å²) in [6, 6.07) is 3.27. The van der Waals surface area contributed by atoms with Crippen LogP contribution in [0.4, 0.5) is 14.7 Å². The van der Waals surface area contributed by atoms with Gasteiger partial charge in [0.05, 0.1) is 6.10 Å². The second kappa shape index (κ2) is 10.5. The van der Waals surface area contributed by atoms with E-state index in [0.29, 0.717) is 0 Å². The van der Waals surface area contributed by atoms with Crippen molar-refractivity contribution in [2.75, 3.05) is 11.8 Å². The molecule has 1 N–H and O–H groups in total. The molecule has 0 saturated heterocycles. The van der Waals surface area contributed by atoms with E-state index >= 15 is 0 Å². The Hall–Kier alpha value is -3.03. The first-order chi connectivity index (χ1) is 16.0. The van der Waals surface area contributed by atoms with Gasteiger partial charge < -0.3 is 9.47 Å². The van der Waals surface area contributed by atoms with Crippen molar-refractivity contribution in [3.8, 4) is 5.69 Å². The maximum Gasteiger partial charge on any atom is 0.243 e. The standard InChI is InChI=1S/C21H26F2N6O4S/c1-12(2)33-19(20-24-9-13(3)10-25-20)14(4)34(30,31)28-21-27-26-17(11-32-5)29(21)18-15(22)7-6-8-16(18)23/h6-10,12,14,19H,11H2,1-5H3,(H,27,28)/t14-,19+/m0/s1. The molecule has 34 heavy (non-hydrogen) atoms. The SMILES string of the molecule is COCc1nnc(NS(=O)(=O)[C@@H](C)[C@@H](OC(C)C)c2ncc(C)cn2)n1-c1c(F)cccc1F. The smallest absolute Gasteiger partial charge is 0.243 e. The van der Waals surface area contributed by atoms with Crippen LogP contribution in [0.5, 0.6) is 0 Å². The Morgan fingerprint density at radius 2 is 1.71 bits per heavy atom. The van der Waals surface area contributed by atoms with Gasteiger partial charge in [0.1, 0.15) is 35.3 Å². The summed E-state index contributed by atoms with van der Waals surface area (Å²) in [4.78, 5) is 8.43. The monoisotopic (exact) mass is 496 g/mol. The van der Waals surface area contributed by atoms with Crippen LogP contribution >= 0.6 is 0 Å². The topological polar surface area (TPSA) is 121 Å². The lowest BCUT2D eigenvalue weighted by atomic mass is 10.2. The Bertz CT molecular complexity index is 1210. The predicted octanol–water partition coefficient (Wildman–Crippen LogP) is 3.09. The van der Waals surface area contributed by atoms with Crippen LogP contribution in [0, 0.1) is 18.6 Å². The van der Waals surface area contributed by atoms with Crippen LogP contribution in [0.25, 0.3) is 5.69 Å². The second-order valence-corrected chi connectivity index (χ2v) is 9.89. The molecule has 3 aromatic rings. The predicted molar refractivity (Wildman–Crippen MR) is 120 cm³/mol. The fraction of sp³-hybridized carbons (Fsp3) is 0.429. The number of methoxy groups -OCH3 is 1. The molecule has 13 heteroatoms. The Labute approximate surface area is 196 Å². The van der Waals surface area contributed by atoms with Crippen molar-refractivity contribution in [1.29, 1.82) is 0 Å². The average Bonchev–Trinajstić information content (AvgIpc) is 3.13. The Kier molecular flexibility index (Phi) is 7.89. The number of aromatic nitrogens is 5. The minimum absolute atomic E-state index is 0.00583. The summed E-state index contributed by atoms with van der Waals surface area (Å²) in [5.41, 5.74) is 0.258. The van der Waals surface area contributed by atoms with Crippen molar-refractivity contribution in [2.24, 2.45) is 0 Å². The lowest BCUT2D eigenvalue weighted by molar-refractivity contribution is 0.00152. The average molecular weight is 497 g/mol. The number of nitrogens with one attached hydrogen (secondary N) is 1. The van der Waals surface area contributed by atoms with E-state index in [1.807, 2.05) is 0 Å². The highest BCUT2D eigenvalue weighted by molar-refractivity contribution is 7.93. The van der Waals surface area contributed by atoms with Gasteiger partial charge in [0.2, 0.25) is 16.0 Å². The first kappa shape index (κ1) is 25.6. The summed E-state index contributed by atoms with van der Waals surface area (Å²) in [7, 11) is -2.88. The maximum atomic E-state index is 14.6. The molecule has 0 aliphatic carbocycles. The van der Waals surface area contributed by atoms with Crippen LogP contribution < -0.4 is 4.72 Å². The lowest BCUT2D eigenvalue weighted by Crippen LogP contribution is -2.35. The molecule has 10 nitrogen and oxygen atoms in total. The zero-order valence-corrected chi connectivity index (χ0v) is 20.2. The summed E-state index contributed by atoms with van der Waals surface area (Å²) >= 11 is 0. The van der Waals surface area contributed by atoms with E-state index in [-0.39, 0.29) is 24.4 Å². The van der Waals surface area contributed by atoms with Gasteiger partial charge in [-0.1, -0.05) is 6.07 Å². The third-order valence-corrected chi connectivity index (χ3v) is 6.48. The van der Waals surface area contributed by atoms with E-state index in [0.717, 1.165) is 22.3 Å². The van der Waals surface area contributed by atoms with Crippen molar-refractivity contribution in [3.63, 3.8) is 0 Å². The van der Waals surface area contributed by atoms with Crippen LogP contribution in [0.3, 0.4) is 0 Å². The van der Waals surface area contributed by atoms with Crippen LogP contribution in [-0.4, -0.2) is 51.6 Å². The van der Waals surface area contributed by atoms with Crippen LogP contribution in [-0.2, 0) is 26.1 Å². The molecule has 0 aliphatic rings. The molecule has 184 valence electrons. The van der Waals surface area contributed by atoms with Crippen molar-refractivity contribution >= 4 is 16.0 Å². The van der Waals surface area contributed by atoms with Crippen molar-refractivity contribution < 1.29 is 26.7 Å². The summed E-state index contributed by atoms with van der Waals surface area (Å²) < 4.78 is 69.9. The first-order valence-electron chi connectivity index (χ1n) is 10.4. The van der Waals surface area contributed by atoms with Gasteiger partial charge in [0.15, 0.2) is 11.6 Å². The number of nitrogens with zero attached hydrogens (tertiary/aromatic N) is 5. The van der Waals surface area contributed by atoms with Crippen molar-refractivity contribution in [1.82, 2.24) is 24.7 Å². The number of aryl methyl sites for hydroxylation is 1. The quantitative estimate of drug-likeness (QED) is 0.455. The number of hydrogen-bond donors (Lipinski definition) is 1. The van der Waals surface area contributed by atoms with E-state index in [9.17, 15) is 17.2 Å². The molecular formula is C21H26F2N6O4S. The van der Waals surface area contributed by atoms with Gasteiger partial charge in [0.25, 0.3) is 0 Å². The Morgan fingerprint density at radius 3 is 2.26 bits per heavy atom. The van der Waals surface area contributed by atoms with E-state index < -0.39 is 44.6 Å². The molecule has 0 aliphatic heterocycles. The van der Waals surface area contributed by atoms with E-state index in [4.69, 9.17) is 9.47 Å². The van der Waals surface area contributed by atoms with Gasteiger partial charge in [-0.2, -0.15) is 0 Å². The minimum atomic E-state index is -4.24. The van der Waals surface area contributed by atoms with Crippen LogP contribution in [0.1, 0.15) is 44.1 Å². The molecule has 0 bridgehead atoms. The van der Waals surface area contributed by atoms with Crippen molar-refractivity contribution in [3.05, 3.63) is 59.4 Å². The number of para-hydroxylation sites is 1. The second-order valence-electron chi connectivity index (χ2n) is 7.85. The number of rotatable bonds is 10. The molecule has 0 fully saturated rings. The molecule has 0 spiro atoms. The Morgan fingerprint density at radius 1 is 1.09 bits per heavy atom. The molecular weight excluding hydrogens is 470 g/mol. The van der Waals surface area contributed by atoms with Crippen LogP contribution in [0.2, 0.25) is 0 Å². The number of benzene rings is 1. The summed E-state index contributed by atoms with van der Waals surface area (Å²) in [6.45, 7) is 6.55. The number of anilines is 1. The van der Waals surface area contributed by atoms with Gasteiger partial charge in [0, 0.05) is 19.5 Å². The third kappa shape index (κ3) is 5.54. The number of sulfonamides is 1. The molecule has 2 aromatic heterocycles. The molecule has 3 rings (SSSR count). The molecule has 0 radical (unpaired) electrons. The van der Waals surface area contributed by atoms with Gasteiger partial charge in [-0.3, -0.25) is 9.29 Å². The minimum Gasteiger partial charge on any atom is -0.377 e. The molecule has 2 heterocycles. The van der Waals surface area contributed by atoms with E-state index in [1.54, 1.807) is 33.2 Å². The highest BCUT2D eigenvalue weighted by Gasteiger charge is 2.36. The zero-order valence-electron chi connectivity index (χ0n) is 19.4. The van der Waals surface area contributed by atoms with E-state index in [1.165, 1.54) is 20.1 Å². The van der Waals surface area contributed by atoms with Gasteiger partial charge in [-0.15, -0.1) is 10.2 Å². The van der Waals surface area contributed by atoms with Gasteiger partial charge in [-0.25, -0.2) is 27.2 Å². The first-order valence-corrected chi connectivity index (χ1v) is 11.9. The molecule has 0 saturated carbocycles. The fourth-order valence-electron chi connectivity index (χ4n) is 3.15. The van der Waals surface area contributed by atoms with Crippen molar-refractivity contribution in [2.45, 2.75) is 51.8 Å². The zero-order chi connectivity index (χ0) is 25.0. The Balaban J connectivity index is 2.03. The lowest BCUT2D eigenvalue weighted by Gasteiger charge is -2.25. The molecule has 1 aromatic carbocycles. The normalized spacial score (nSPS) is 13.8. The van der Waals surface area contributed by atoms with E-state index in [2.05, 4.69) is 24.9 Å². The fourth-order valence-corrected chi connectivity index (χ4v) is 4.23. The number of ether oxygens (including phenoxy) is 2. The molecule has 0 amide bonds. The van der Waals surface area contributed by atoms with Gasteiger partial charge >= 0.3 is 0 Å². The number of halogens is 2. The third-order valence-electron chi connectivity index (χ3n) is 4.79. The number of hydrogen-bond acceptors (Lipinski definition) is 8. The highest BCUT2D eigenvalue weighted by atomic mass is 32.2. The molecule has 2 atom stereocenters. The summed E-state index contributed by atoms with van der Waals surface area (Å²) in [6.07, 6.45) is 1.75. The van der Waals surface area contributed by atoms with Gasteiger partial charge in [-0.05, 0) is 45.4 Å². The molecule has 0 unspecified atom stereocenters.